The molecule has 0 N–H and O–H groups in total. The van der Waals surface area contributed by atoms with Crippen LogP contribution in [0.2, 0.25) is 0 Å². The van der Waals surface area contributed by atoms with Crippen molar-refractivity contribution in [2.45, 2.75) is 26.2 Å². The fraction of sp³-hybridized carbons (Fsp3) is 0.167. The van der Waals surface area contributed by atoms with Gasteiger partial charge in [-0.2, -0.15) is 5.10 Å². The van der Waals surface area contributed by atoms with Gasteiger partial charge in [0.05, 0.1) is 11.1 Å². The smallest absolute Gasteiger partial charge is 0.167 e. The van der Waals surface area contributed by atoms with E-state index in [2.05, 4.69) is 17.2 Å². The second kappa shape index (κ2) is 7.77. The molecular weight excluding hydrogens is 351 g/mol. The van der Waals surface area contributed by atoms with E-state index in [0.717, 1.165) is 29.5 Å². The first kappa shape index (κ1) is 18.1. The Kier molecular flexibility index (Phi) is 5.02. The number of rotatable bonds is 6. The molecule has 0 atom stereocenters. The molecule has 3 nitrogen and oxygen atoms in total. The Morgan fingerprint density at radius 3 is 2.39 bits per heavy atom. The number of benzene rings is 2. The summed E-state index contributed by atoms with van der Waals surface area (Å²) in [7, 11) is 0. The van der Waals surface area contributed by atoms with Crippen LogP contribution in [0.25, 0.3) is 16.8 Å². The number of aryl methyl sites for hydroxylation is 2. The number of nitrogens with zero attached hydrogens (tertiary/aromatic N) is 2. The Morgan fingerprint density at radius 1 is 0.964 bits per heavy atom. The average molecular weight is 372 g/mol. The van der Waals surface area contributed by atoms with E-state index >= 15 is 0 Å². The van der Waals surface area contributed by atoms with Crippen LogP contribution in [0.15, 0.2) is 72.9 Å². The number of hydrogen-bond acceptors (Lipinski definition) is 2. The van der Waals surface area contributed by atoms with Crippen molar-refractivity contribution >= 4 is 11.3 Å². The van der Waals surface area contributed by atoms with Crippen molar-refractivity contribution < 1.29 is 9.18 Å². The first-order valence-electron chi connectivity index (χ1n) is 9.50. The highest BCUT2D eigenvalue weighted by Crippen LogP contribution is 2.28. The molecule has 140 valence electrons. The Hall–Kier alpha value is -3.27. The van der Waals surface area contributed by atoms with Gasteiger partial charge in [0.1, 0.15) is 11.5 Å². The summed E-state index contributed by atoms with van der Waals surface area (Å²) in [4.78, 5) is 12.7. The molecule has 2 aromatic heterocycles. The van der Waals surface area contributed by atoms with E-state index in [4.69, 9.17) is 0 Å². The number of ketones is 1. The number of aromatic nitrogens is 2. The fourth-order valence-electron chi connectivity index (χ4n) is 3.44. The number of hydrogen-bond donors (Lipinski definition) is 0. The average Bonchev–Trinajstić information content (AvgIpc) is 3.11. The molecule has 4 heteroatoms. The van der Waals surface area contributed by atoms with Gasteiger partial charge in [0.15, 0.2) is 5.78 Å². The quantitative estimate of drug-likeness (QED) is 0.418. The molecule has 0 bridgehead atoms. The van der Waals surface area contributed by atoms with Crippen molar-refractivity contribution in [3.8, 4) is 11.3 Å². The lowest BCUT2D eigenvalue weighted by Gasteiger charge is -2.04. The molecule has 0 saturated carbocycles. The summed E-state index contributed by atoms with van der Waals surface area (Å²) < 4.78 is 15.1. The summed E-state index contributed by atoms with van der Waals surface area (Å²) in [5.41, 5.74) is 5.20. The van der Waals surface area contributed by atoms with Crippen molar-refractivity contribution in [2.75, 3.05) is 0 Å². The maximum atomic E-state index is 13.3. The maximum absolute atomic E-state index is 13.3. The molecule has 0 aliphatic rings. The zero-order valence-electron chi connectivity index (χ0n) is 15.7. The third kappa shape index (κ3) is 3.58. The summed E-state index contributed by atoms with van der Waals surface area (Å²) in [5.74, 6) is -0.270. The number of fused-ring (bicyclic) bond motifs is 1. The van der Waals surface area contributed by atoms with E-state index in [0.29, 0.717) is 17.7 Å². The highest BCUT2D eigenvalue weighted by Gasteiger charge is 2.20. The number of Topliss-reactive ketones (excluding diaryl/α,β-unsaturated/α-hetero) is 1. The molecule has 0 radical (unpaired) electrons. The van der Waals surface area contributed by atoms with Gasteiger partial charge in [-0.3, -0.25) is 4.79 Å². The molecule has 2 aromatic carbocycles. The lowest BCUT2D eigenvalue weighted by Crippen LogP contribution is -1.99. The molecule has 4 aromatic rings. The number of carbonyl (C=O) groups is 1. The first-order chi connectivity index (χ1) is 13.7. The Labute approximate surface area is 163 Å². The molecule has 0 unspecified atom stereocenters. The van der Waals surface area contributed by atoms with Crippen LogP contribution in [-0.2, 0) is 12.8 Å². The van der Waals surface area contributed by atoms with Crippen LogP contribution in [0.5, 0.6) is 0 Å². The molecule has 0 spiro atoms. The van der Waals surface area contributed by atoms with E-state index in [9.17, 15) is 9.18 Å². The predicted molar refractivity (Wildman–Crippen MR) is 109 cm³/mol. The Bertz CT molecular complexity index is 1110. The molecule has 2 heterocycles. The van der Waals surface area contributed by atoms with Crippen molar-refractivity contribution in [1.29, 1.82) is 0 Å². The predicted octanol–water partition coefficient (Wildman–Crippen LogP) is 5.52. The third-order valence-electron chi connectivity index (χ3n) is 4.96. The van der Waals surface area contributed by atoms with Crippen LogP contribution in [0.1, 0.15) is 34.8 Å². The summed E-state index contributed by atoms with van der Waals surface area (Å²) in [5, 5.41) is 4.61. The summed E-state index contributed by atoms with van der Waals surface area (Å²) >= 11 is 0. The number of carbonyl (C=O) groups excluding carboxylic acids is 1. The van der Waals surface area contributed by atoms with Crippen LogP contribution in [-0.4, -0.2) is 15.4 Å². The summed E-state index contributed by atoms with van der Waals surface area (Å²) in [6.07, 6.45) is 4.11. The molecule has 0 saturated heterocycles. The molecule has 0 aliphatic carbocycles. The highest BCUT2D eigenvalue weighted by atomic mass is 19.1. The standard InChI is InChI=1S/C24H21FN2O/c1-2-22(28)23-21-16-18(9-8-17-6-4-3-5-7-17)14-15-27(21)26-24(23)19-10-12-20(25)13-11-19/h3-7,10-16H,2,8-9H2,1H3. The molecule has 0 amide bonds. The van der Waals surface area contributed by atoms with Gasteiger partial charge in [-0.05, 0) is 60.4 Å². The van der Waals surface area contributed by atoms with Crippen LogP contribution in [0.4, 0.5) is 4.39 Å². The molecule has 28 heavy (non-hydrogen) atoms. The minimum atomic E-state index is -0.306. The van der Waals surface area contributed by atoms with Gasteiger partial charge < -0.3 is 0 Å². The number of halogens is 1. The van der Waals surface area contributed by atoms with Crippen molar-refractivity contribution in [2.24, 2.45) is 0 Å². The lowest BCUT2D eigenvalue weighted by atomic mass is 10.00. The normalized spacial score (nSPS) is 11.1. The monoisotopic (exact) mass is 372 g/mol. The van der Waals surface area contributed by atoms with Gasteiger partial charge in [0.2, 0.25) is 0 Å². The van der Waals surface area contributed by atoms with E-state index in [1.807, 2.05) is 43.5 Å². The van der Waals surface area contributed by atoms with E-state index in [-0.39, 0.29) is 11.6 Å². The van der Waals surface area contributed by atoms with Gasteiger partial charge in [0, 0.05) is 18.2 Å². The summed E-state index contributed by atoms with van der Waals surface area (Å²) in [6.45, 7) is 1.85. The Balaban J connectivity index is 1.74. The minimum absolute atomic E-state index is 0.0366. The van der Waals surface area contributed by atoms with E-state index in [1.54, 1.807) is 16.6 Å². The summed E-state index contributed by atoms with van der Waals surface area (Å²) in [6, 6.07) is 20.6. The molecule has 0 fully saturated rings. The molecule has 0 aliphatic heterocycles. The van der Waals surface area contributed by atoms with Crippen LogP contribution < -0.4 is 0 Å². The van der Waals surface area contributed by atoms with Crippen molar-refractivity contribution in [3.63, 3.8) is 0 Å². The van der Waals surface area contributed by atoms with Crippen LogP contribution in [0.3, 0.4) is 0 Å². The topological polar surface area (TPSA) is 34.4 Å². The maximum Gasteiger partial charge on any atom is 0.167 e. The zero-order valence-corrected chi connectivity index (χ0v) is 15.7. The van der Waals surface area contributed by atoms with Gasteiger partial charge in [-0.1, -0.05) is 37.3 Å². The SMILES string of the molecule is CCC(=O)c1c(-c2ccc(F)cc2)nn2ccc(CCc3ccccc3)cc12. The molecular formula is C24H21FN2O. The third-order valence-corrected chi connectivity index (χ3v) is 4.96. The van der Waals surface area contributed by atoms with E-state index < -0.39 is 0 Å². The van der Waals surface area contributed by atoms with Gasteiger partial charge in [-0.25, -0.2) is 8.91 Å². The minimum Gasteiger partial charge on any atom is -0.294 e. The van der Waals surface area contributed by atoms with Crippen molar-refractivity contribution in [3.05, 3.63) is 95.4 Å². The second-order valence-corrected chi connectivity index (χ2v) is 6.86. The lowest BCUT2D eigenvalue weighted by molar-refractivity contribution is 0.0990. The highest BCUT2D eigenvalue weighted by molar-refractivity contribution is 6.07. The largest absolute Gasteiger partial charge is 0.294 e. The second-order valence-electron chi connectivity index (χ2n) is 6.86. The zero-order chi connectivity index (χ0) is 19.5. The first-order valence-corrected chi connectivity index (χ1v) is 9.50. The molecule has 4 rings (SSSR count). The van der Waals surface area contributed by atoms with Crippen molar-refractivity contribution in [1.82, 2.24) is 9.61 Å². The van der Waals surface area contributed by atoms with E-state index in [1.165, 1.54) is 17.7 Å². The van der Waals surface area contributed by atoms with Gasteiger partial charge >= 0.3 is 0 Å². The fourth-order valence-corrected chi connectivity index (χ4v) is 3.44. The van der Waals surface area contributed by atoms with Crippen LogP contribution >= 0.6 is 0 Å². The number of pyridine rings is 1. The van der Waals surface area contributed by atoms with Gasteiger partial charge in [0.25, 0.3) is 0 Å². The van der Waals surface area contributed by atoms with Gasteiger partial charge in [-0.15, -0.1) is 0 Å². The van der Waals surface area contributed by atoms with Crippen LogP contribution in [0, 0.1) is 5.82 Å². The Morgan fingerprint density at radius 2 is 1.68 bits per heavy atom.